The molecule has 1 unspecified atom stereocenters. The molecule has 8 heteroatoms. The summed E-state index contributed by atoms with van der Waals surface area (Å²) in [5.74, 6) is -0.230. The predicted octanol–water partition coefficient (Wildman–Crippen LogP) is 3.03. The SMILES string of the molecule is NC1CCc2nc(NC(=O)c3cccc([C@H]4CCCN4C(=O)O)c3)sc2C1. The Morgan fingerprint density at radius 3 is 3.00 bits per heavy atom. The lowest BCUT2D eigenvalue weighted by Crippen LogP contribution is -2.28. The van der Waals surface area contributed by atoms with E-state index in [1.54, 1.807) is 18.2 Å². The maximum absolute atomic E-state index is 12.7. The Bertz CT molecular complexity index is 882. The Morgan fingerprint density at radius 1 is 1.33 bits per heavy atom. The molecule has 4 rings (SSSR count). The predicted molar refractivity (Wildman–Crippen MR) is 103 cm³/mol. The van der Waals surface area contributed by atoms with Gasteiger partial charge < -0.3 is 15.7 Å². The largest absolute Gasteiger partial charge is 0.465 e. The highest BCUT2D eigenvalue weighted by molar-refractivity contribution is 7.15. The first-order chi connectivity index (χ1) is 13.0. The van der Waals surface area contributed by atoms with Gasteiger partial charge in [0.25, 0.3) is 5.91 Å². The Kier molecular flexibility index (Phi) is 4.84. The van der Waals surface area contributed by atoms with E-state index >= 15 is 0 Å². The van der Waals surface area contributed by atoms with Crippen LogP contribution in [-0.4, -0.2) is 39.6 Å². The highest BCUT2D eigenvalue weighted by atomic mass is 32.1. The monoisotopic (exact) mass is 386 g/mol. The van der Waals surface area contributed by atoms with Crippen molar-refractivity contribution in [3.8, 4) is 0 Å². The van der Waals surface area contributed by atoms with E-state index in [1.165, 1.54) is 16.2 Å². The molecule has 1 aromatic carbocycles. The Balaban J connectivity index is 1.50. The fraction of sp³-hybridized carbons (Fsp3) is 0.421. The van der Waals surface area contributed by atoms with Gasteiger partial charge in [-0.25, -0.2) is 9.78 Å². The number of nitrogens with zero attached hydrogens (tertiary/aromatic N) is 2. The lowest BCUT2D eigenvalue weighted by molar-refractivity contribution is 0.102. The second-order valence-electron chi connectivity index (χ2n) is 7.11. The topological polar surface area (TPSA) is 109 Å². The molecular formula is C19H22N4O3S. The molecule has 0 radical (unpaired) electrons. The van der Waals surface area contributed by atoms with E-state index in [-0.39, 0.29) is 18.0 Å². The van der Waals surface area contributed by atoms with Gasteiger partial charge in [0.2, 0.25) is 0 Å². The van der Waals surface area contributed by atoms with Gasteiger partial charge >= 0.3 is 6.09 Å². The number of fused-ring (bicyclic) bond motifs is 1. The van der Waals surface area contributed by atoms with Crippen molar-refractivity contribution in [1.29, 1.82) is 0 Å². The number of aromatic nitrogens is 1. The third-order valence-corrected chi connectivity index (χ3v) is 6.27. The molecule has 2 aliphatic rings. The van der Waals surface area contributed by atoms with Crippen LogP contribution >= 0.6 is 11.3 Å². The lowest BCUT2D eigenvalue weighted by Gasteiger charge is -2.22. The number of nitrogens with two attached hydrogens (primary N) is 1. The van der Waals surface area contributed by atoms with Crippen LogP contribution in [0.3, 0.4) is 0 Å². The normalized spacial score (nSPS) is 21.7. The van der Waals surface area contributed by atoms with Crippen molar-refractivity contribution in [2.24, 2.45) is 5.73 Å². The average Bonchev–Trinajstić information content (AvgIpc) is 3.28. The Labute approximate surface area is 161 Å². The molecule has 1 aromatic heterocycles. The summed E-state index contributed by atoms with van der Waals surface area (Å²) in [6, 6.07) is 7.18. The molecule has 1 aliphatic heterocycles. The molecule has 1 fully saturated rings. The maximum Gasteiger partial charge on any atom is 0.407 e. The summed E-state index contributed by atoms with van der Waals surface area (Å²) in [7, 11) is 0. The van der Waals surface area contributed by atoms with Gasteiger partial charge in [0, 0.05) is 23.0 Å². The molecule has 0 saturated carbocycles. The summed E-state index contributed by atoms with van der Waals surface area (Å²) in [4.78, 5) is 31.2. The summed E-state index contributed by atoms with van der Waals surface area (Å²) in [5.41, 5.74) is 8.40. The van der Waals surface area contributed by atoms with Crippen LogP contribution in [0.25, 0.3) is 0 Å². The van der Waals surface area contributed by atoms with Gasteiger partial charge in [0.15, 0.2) is 5.13 Å². The number of nitrogens with one attached hydrogen (secondary N) is 1. The number of carbonyl (C=O) groups is 2. The molecule has 1 saturated heterocycles. The molecule has 7 nitrogen and oxygen atoms in total. The summed E-state index contributed by atoms with van der Waals surface area (Å²) in [5, 5.41) is 12.8. The fourth-order valence-corrected chi connectivity index (χ4v) is 4.95. The number of benzene rings is 1. The number of anilines is 1. The minimum absolute atomic E-state index is 0.168. The van der Waals surface area contributed by atoms with E-state index in [2.05, 4.69) is 10.3 Å². The summed E-state index contributed by atoms with van der Waals surface area (Å²) >= 11 is 1.49. The number of carboxylic acid groups (broad SMARTS) is 1. The van der Waals surface area contributed by atoms with Crippen LogP contribution in [0.1, 0.15) is 51.8 Å². The van der Waals surface area contributed by atoms with Crippen LogP contribution in [0.5, 0.6) is 0 Å². The first-order valence-electron chi connectivity index (χ1n) is 9.16. The van der Waals surface area contributed by atoms with Crippen molar-refractivity contribution in [2.45, 2.75) is 44.2 Å². The number of rotatable bonds is 3. The summed E-state index contributed by atoms with van der Waals surface area (Å²) < 4.78 is 0. The maximum atomic E-state index is 12.7. The first-order valence-corrected chi connectivity index (χ1v) is 9.98. The van der Waals surface area contributed by atoms with Crippen molar-refractivity contribution >= 4 is 28.5 Å². The Hall–Kier alpha value is -2.45. The van der Waals surface area contributed by atoms with Crippen molar-refractivity contribution < 1.29 is 14.7 Å². The molecule has 4 N–H and O–H groups in total. The first kappa shape index (κ1) is 17.9. The van der Waals surface area contributed by atoms with Gasteiger partial charge in [-0.1, -0.05) is 12.1 Å². The molecule has 2 heterocycles. The quantitative estimate of drug-likeness (QED) is 0.751. The van der Waals surface area contributed by atoms with Gasteiger partial charge in [0.1, 0.15) is 0 Å². The van der Waals surface area contributed by atoms with Crippen LogP contribution in [0.4, 0.5) is 9.93 Å². The molecule has 2 aromatic rings. The van der Waals surface area contributed by atoms with Crippen molar-refractivity contribution in [1.82, 2.24) is 9.88 Å². The van der Waals surface area contributed by atoms with Crippen molar-refractivity contribution in [2.75, 3.05) is 11.9 Å². The number of hydrogen-bond donors (Lipinski definition) is 3. The van der Waals surface area contributed by atoms with E-state index in [0.717, 1.165) is 48.2 Å². The summed E-state index contributed by atoms with van der Waals surface area (Å²) in [6.07, 6.45) is 3.28. The van der Waals surface area contributed by atoms with E-state index in [9.17, 15) is 14.7 Å². The van der Waals surface area contributed by atoms with Crippen molar-refractivity contribution in [3.05, 3.63) is 46.0 Å². The number of amides is 2. The van der Waals surface area contributed by atoms with Crippen LogP contribution in [0.2, 0.25) is 0 Å². The smallest absolute Gasteiger partial charge is 0.407 e. The van der Waals surface area contributed by atoms with Gasteiger partial charge in [-0.15, -0.1) is 11.3 Å². The molecule has 0 spiro atoms. The number of aryl methyl sites for hydroxylation is 1. The number of likely N-dealkylation sites (tertiary alicyclic amines) is 1. The van der Waals surface area contributed by atoms with E-state index in [0.29, 0.717) is 17.2 Å². The van der Waals surface area contributed by atoms with Crippen LogP contribution < -0.4 is 11.1 Å². The third-order valence-electron chi connectivity index (χ3n) is 5.23. The molecule has 142 valence electrons. The minimum atomic E-state index is -0.918. The van der Waals surface area contributed by atoms with Crippen LogP contribution in [0, 0.1) is 0 Å². The summed E-state index contributed by atoms with van der Waals surface area (Å²) in [6.45, 7) is 0.531. The fourth-order valence-electron chi connectivity index (χ4n) is 3.85. The highest BCUT2D eigenvalue weighted by Gasteiger charge is 2.30. The van der Waals surface area contributed by atoms with Crippen LogP contribution in [0.15, 0.2) is 24.3 Å². The molecular weight excluding hydrogens is 364 g/mol. The van der Waals surface area contributed by atoms with Gasteiger partial charge in [-0.05, 0) is 49.8 Å². The average molecular weight is 386 g/mol. The zero-order valence-electron chi connectivity index (χ0n) is 14.9. The number of thiazole rings is 1. The number of carbonyl (C=O) groups excluding carboxylic acids is 1. The van der Waals surface area contributed by atoms with Gasteiger partial charge in [0.05, 0.1) is 11.7 Å². The van der Waals surface area contributed by atoms with Crippen molar-refractivity contribution in [3.63, 3.8) is 0 Å². The highest BCUT2D eigenvalue weighted by Crippen LogP contribution is 2.33. The molecule has 2 atom stereocenters. The van der Waals surface area contributed by atoms with E-state index in [4.69, 9.17) is 5.73 Å². The Morgan fingerprint density at radius 2 is 2.19 bits per heavy atom. The van der Waals surface area contributed by atoms with E-state index in [1.807, 2.05) is 6.07 Å². The third kappa shape index (κ3) is 3.68. The lowest BCUT2D eigenvalue weighted by atomic mass is 9.99. The zero-order chi connectivity index (χ0) is 19.0. The van der Waals surface area contributed by atoms with Crippen LogP contribution in [-0.2, 0) is 12.8 Å². The molecule has 27 heavy (non-hydrogen) atoms. The second kappa shape index (κ2) is 7.28. The number of hydrogen-bond acceptors (Lipinski definition) is 5. The van der Waals surface area contributed by atoms with Gasteiger partial charge in [-0.2, -0.15) is 0 Å². The minimum Gasteiger partial charge on any atom is -0.465 e. The molecule has 1 aliphatic carbocycles. The van der Waals surface area contributed by atoms with E-state index < -0.39 is 6.09 Å². The molecule has 0 bridgehead atoms. The standard InChI is InChI=1S/C19H22N4O3S/c20-13-6-7-14-16(10-13)27-18(21-14)22-17(24)12-4-1-3-11(9-12)15-5-2-8-23(15)19(25)26/h1,3-4,9,13,15H,2,5-8,10,20H2,(H,25,26)(H,21,22,24)/t13?,15-/m1/s1. The second-order valence-corrected chi connectivity index (χ2v) is 8.19. The zero-order valence-corrected chi connectivity index (χ0v) is 15.7. The van der Waals surface area contributed by atoms with Gasteiger partial charge in [-0.3, -0.25) is 10.1 Å². The molecule has 2 amide bonds.